The first-order valence-corrected chi connectivity index (χ1v) is 8.49. The standard InChI is InChI=1S/C17H19NO4S/c1-13-9-10-15(11-16(13)17(19)22-3)23(20,21)18(2)12-14-7-5-4-6-8-14/h4-11H,12H2,1-3H3. The van der Waals surface area contributed by atoms with Crippen LogP contribution in [-0.2, 0) is 21.3 Å². The molecule has 0 spiro atoms. The smallest absolute Gasteiger partial charge is 0.338 e. The van der Waals surface area contributed by atoms with Crippen LogP contribution in [0, 0.1) is 6.92 Å². The average molecular weight is 333 g/mol. The van der Waals surface area contributed by atoms with Gasteiger partial charge in [-0.25, -0.2) is 13.2 Å². The summed E-state index contributed by atoms with van der Waals surface area (Å²) >= 11 is 0. The van der Waals surface area contributed by atoms with Gasteiger partial charge in [0.15, 0.2) is 0 Å². The lowest BCUT2D eigenvalue weighted by Crippen LogP contribution is -2.26. The van der Waals surface area contributed by atoms with Gasteiger partial charge in [0.1, 0.15) is 0 Å². The van der Waals surface area contributed by atoms with Crippen LogP contribution in [-0.4, -0.2) is 32.8 Å². The maximum atomic E-state index is 12.7. The molecule has 0 saturated carbocycles. The van der Waals surface area contributed by atoms with Gasteiger partial charge in [-0.2, -0.15) is 4.31 Å². The minimum atomic E-state index is -3.69. The third-order valence-electron chi connectivity index (χ3n) is 3.57. The zero-order valence-corrected chi connectivity index (χ0v) is 14.1. The highest BCUT2D eigenvalue weighted by molar-refractivity contribution is 7.89. The Morgan fingerprint density at radius 1 is 1.13 bits per heavy atom. The molecule has 0 aliphatic rings. The predicted molar refractivity (Wildman–Crippen MR) is 87.6 cm³/mol. The van der Waals surface area contributed by atoms with Gasteiger partial charge in [0, 0.05) is 13.6 Å². The highest BCUT2D eigenvalue weighted by Gasteiger charge is 2.23. The number of carbonyl (C=O) groups excluding carboxylic acids is 1. The van der Waals surface area contributed by atoms with Gasteiger partial charge in [-0.05, 0) is 30.2 Å². The van der Waals surface area contributed by atoms with Crippen molar-refractivity contribution in [3.63, 3.8) is 0 Å². The molecular formula is C17H19NO4S. The van der Waals surface area contributed by atoms with Crippen LogP contribution in [0.5, 0.6) is 0 Å². The van der Waals surface area contributed by atoms with Gasteiger partial charge < -0.3 is 4.74 Å². The van der Waals surface area contributed by atoms with Crippen molar-refractivity contribution in [2.24, 2.45) is 0 Å². The van der Waals surface area contributed by atoms with Crippen molar-refractivity contribution in [1.29, 1.82) is 0 Å². The van der Waals surface area contributed by atoms with E-state index in [0.29, 0.717) is 5.56 Å². The van der Waals surface area contributed by atoms with E-state index in [1.165, 1.54) is 30.6 Å². The molecule has 6 heteroatoms. The van der Waals surface area contributed by atoms with Crippen molar-refractivity contribution < 1.29 is 17.9 Å². The van der Waals surface area contributed by atoms with E-state index in [1.807, 2.05) is 30.3 Å². The Kier molecular flexibility index (Phi) is 5.18. The molecule has 0 amide bonds. The van der Waals surface area contributed by atoms with E-state index in [1.54, 1.807) is 13.0 Å². The molecule has 2 aromatic carbocycles. The Morgan fingerprint density at radius 3 is 2.39 bits per heavy atom. The summed E-state index contributed by atoms with van der Waals surface area (Å²) in [5.74, 6) is -0.551. The zero-order valence-electron chi connectivity index (χ0n) is 13.3. The van der Waals surface area contributed by atoms with Crippen molar-refractivity contribution in [3.05, 3.63) is 65.2 Å². The normalized spacial score (nSPS) is 11.5. The van der Waals surface area contributed by atoms with Gasteiger partial charge in [-0.1, -0.05) is 36.4 Å². The van der Waals surface area contributed by atoms with Gasteiger partial charge in [0.25, 0.3) is 0 Å². The summed E-state index contributed by atoms with van der Waals surface area (Å²) in [6.07, 6.45) is 0. The number of methoxy groups -OCH3 is 1. The second-order valence-corrected chi connectivity index (χ2v) is 7.26. The lowest BCUT2D eigenvalue weighted by atomic mass is 10.1. The van der Waals surface area contributed by atoms with Crippen LogP contribution in [0.15, 0.2) is 53.4 Å². The second-order valence-electron chi connectivity index (χ2n) is 5.21. The van der Waals surface area contributed by atoms with Gasteiger partial charge in [-0.15, -0.1) is 0 Å². The second kappa shape index (κ2) is 6.93. The largest absolute Gasteiger partial charge is 0.465 e. The Labute approximate surface area is 136 Å². The topological polar surface area (TPSA) is 63.7 Å². The summed E-state index contributed by atoms with van der Waals surface area (Å²) in [7, 11) is -0.910. The summed E-state index contributed by atoms with van der Waals surface area (Å²) in [5.41, 5.74) is 1.81. The molecule has 0 fully saturated rings. The fraction of sp³-hybridized carbons (Fsp3) is 0.235. The molecule has 0 aliphatic heterocycles. The van der Waals surface area contributed by atoms with E-state index in [4.69, 9.17) is 4.74 Å². The molecule has 0 unspecified atom stereocenters. The van der Waals surface area contributed by atoms with Crippen LogP contribution in [0.3, 0.4) is 0 Å². The van der Waals surface area contributed by atoms with E-state index in [0.717, 1.165) is 5.56 Å². The number of esters is 1. The van der Waals surface area contributed by atoms with Gasteiger partial charge in [0.2, 0.25) is 10.0 Å². The minimum absolute atomic E-state index is 0.0712. The van der Waals surface area contributed by atoms with Crippen LogP contribution >= 0.6 is 0 Å². The molecular weight excluding hydrogens is 314 g/mol. The van der Waals surface area contributed by atoms with Crippen molar-refractivity contribution in [2.75, 3.05) is 14.2 Å². The van der Waals surface area contributed by atoms with Gasteiger partial charge in [0.05, 0.1) is 17.6 Å². The van der Waals surface area contributed by atoms with E-state index in [9.17, 15) is 13.2 Å². The lowest BCUT2D eigenvalue weighted by molar-refractivity contribution is 0.0599. The molecule has 5 nitrogen and oxygen atoms in total. The summed E-state index contributed by atoms with van der Waals surface area (Å²) in [6.45, 7) is 1.99. The molecule has 23 heavy (non-hydrogen) atoms. The van der Waals surface area contributed by atoms with E-state index in [2.05, 4.69) is 0 Å². The third-order valence-corrected chi connectivity index (χ3v) is 5.37. The lowest BCUT2D eigenvalue weighted by Gasteiger charge is -2.18. The molecule has 0 aliphatic carbocycles. The molecule has 0 atom stereocenters. The third kappa shape index (κ3) is 3.78. The number of rotatable bonds is 5. The molecule has 2 aromatic rings. The van der Waals surface area contributed by atoms with Gasteiger partial charge >= 0.3 is 5.97 Å². The molecule has 2 rings (SSSR count). The van der Waals surface area contributed by atoms with Crippen LogP contribution in [0.4, 0.5) is 0 Å². The number of nitrogens with zero attached hydrogens (tertiary/aromatic N) is 1. The van der Waals surface area contributed by atoms with Crippen molar-refractivity contribution in [3.8, 4) is 0 Å². The summed E-state index contributed by atoms with van der Waals surface area (Å²) in [5, 5.41) is 0. The summed E-state index contributed by atoms with van der Waals surface area (Å²) in [6, 6.07) is 13.8. The Hall–Kier alpha value is -2.18. The number of benzene rings is 2. The predicted octanol–water partition coefficient (Wildman–Crippen LogP) is 2.60. The Morgan fingerprint density at radius 2 is 1.78 bits per heavy atom. The number of hydrogen-bond donors (Lipinski definition) is 0. The summed E-state index contributed by atoms with van der Waals surface area (Å²) < 4.78 is 31.3. The SMILES string of the molecule is COC(=O)c1cc(S(=O)(=O)N(C)Cc2ccccc2)ccc1C. The molecule has 0 saturated heterocycles. The number of carbonyl (C=O) groups is 1. The highest BCUT2D eigenvalue weighted by atomic mass is 32.2. The number of aryl methyl sites for hydroxylation is 1. The highest BCUT2D eigenvalue weighted by Crippen LogP contribution is 2.20. The first-order chi connectivity index (χ1) is 10.9. The van der Waals surface area contributed by atoms with Crippen LogP contribution < -0.4 is 0 Å². The maximum absolute atomic E-state index is 12.7. The molecule has 0 N–H and O–H groups in total. The molecule has 0 bridgehead atoms. The minimum Gasteiger partial charge on any atom is -0.465 e. The summed E-state index contributed by atoms with van der Waals surface area (Å²) in [4.78, 5) is 11.8. The Balaban J connectivity index is 2.34. The number of ether oxygens (including phenoxy) is 1. The van der Waals surface area contributed by atoms with E-state index < -0.39 is 16.0 Å². The zero-order chi connectivity index (χ0) is 17.0. The number of hydrogen-bond acceptors (Lipinski definition) is 4. The average Bonchev–Trinajstić information content (AvgIpc) is 2.55. The molecule has 0 heterocycles. The van der Waals surface area contributed by atoms with Gasteiger partial charge in [-0.3, -0.25) is 0 Å². The van der Waals surface area contributed by atoms with Crippen molar-refractivity contribution in [2.45, 2.75) is 18.4 Å². The first-order valence-electron chi connectivity index (χ1n) is 7.05. The van der Waals surface area contributed by atoms with Crippen molar-refractivity contribution >= 4 is 16.0 Å². The van der Waals surface area contributed by atoms with E-state index in [-0.39, 0.29) is 17.0 Å². The van der Waals surface area contributed by atoms with Crippen molar-refractivity contribution in [1.82, 2.24) is 4.31 Å². The fourth-order valence-corrected chi connectivity index (χ4v) is 3.38. The Bertz CT molecular complexity index is 801. The van der Waals surface area contributed by atoms with Crippen LogP contribution in [0.2, 0.25) is 0 Å². The molecule has 0 radical (unpaired) electrons. The number of sulfonamides is 1. The first kappa shape index (κ1) is 17.2. The monoisotopic (exact) mass is 333 g/mol. The molecule has 122 valence electrons. The van der Waals surface area contributed by atoms with Crippen LogP contribution in [0.1, 0.15) is 21.5 Å². The maximum Gasteiger partial charge on any atom is 0.338 e. The van der Waals surface area contributed by atoms with E-state index >= 15 is 0 Å². The van der Waals surface area contributed by atoms with Crippen LogP contribution in [0.25, 0.3) is 0 Å². The quantitative estimate of drug-likeness (QED) is 0.789. The fourth-order valence-electron chi connectivity index (χ4n) is 2.20. The molecule has 0 aromatic heterocycles.